The predicted molar refractivity (Wildman–Crippen MR) is 45.6 cm³/mol. The van der Waals surface area contributed by atoms with E-state index in [1.54, 1.807) is 0 Å². The van der Waals surface area contributed by atoms with Crippen LogP contribution in [0.2, 0.25) is 0 Å². The maximum Gasteiger partial charge on any atom is 0.412 e. The second-order valence-corrected chi connectivity index (χ2v) is 2.19. The van der Waals surface area contributed by atoms with E-state index in [1.807, 2.05) is 0 Å². The molecule has 0 aromatic carbocycles. The Morgan fingerprint density at radius 1 is 1.85 bits per heavy atom. The molecule has 1 rings (SSSR count). The fraction of sp³-hybridized carbons (Fsp3) is 0.167. The number of amides is 1. The van der Waals surface area contributed by atoms with Crippen molar-refractivity contribution in [3.05, 3.63) is 11.8 Å². The first-order valence-electron chi connectivity index (χ1n) is 3.38. The summed E-state index contributed by atoms with van der Waals surface area (Å²) >= 11 is 0. The predicted octanol–water partition coefficient (Wildman–Crippen LogP) is -0.128. The number of aromatic amines is 1. The summed E-state index contributed by atoms with van der Waals surface area (Å²) < 4.78 is 4.35. The summed E-state index contributed by atoms with van der Waals surface area (Å²) in [6, 6.07) is 0. The number of hydrogen-bond acceptors (Lipinski definition) is 4. The molecule has 5 N–H and O–H groups in total. The van der Waals surface area contributed by atoms with Crippen molar-refractivity contribution >= 4 is 17.7 Å². The van der Waals surface area contributed by atoms with Crippen LogP contribution in [0.5, 0.6) is 0 Å². The molecule has 0 aliphatic rings. The van der Waals surface area contributed by atoms with Gasteiger partial charge in [0.1, 0.15) is 11.7 Å². The fourth-order valence-electron chi connectivity index (χ4n) is 0.739. The molecule has 0 radical (unpaired) electrons. The number of ether oxygens (including phenoxy) is 1. The van der Waals surface area contributed by atoms with Crippen LogP contribution >= 0.6 is 0 Å². The summed E-state index contributed by atoms with van der Waals surface area (Å²) in [6.07, 6.45) is 0.694. The standard InChI is InChI=1S/C6H9N5O2/c1-13-6(12)10-5-3(4(7)8)2-9-11-5/h2H,1H3,(H3,7,8)(H2,9,10,11,12). The third-order valence-electron chi connectivity index (χ3n) is 1.34. The maximum atomic E-state index is 10.8. The number of nitrogens with two attached hydrogens (primary N) is 1. The monoisotopic (exact) mass is 183 g/mol. The number of amidine groups is 1. The van der Waals surface area contributed by atoms with E-state index >= 15 is 0 Å². The van der Waals surface area contributed by atoms with Gasteiger partial charge in [0.2, 0.25) is 0 Å². The van der Waals surface area contributed by atoms with Crippen molar-refractivity contribution in [2.24, 2.45) is 5.73 Å². The Bertz CT molecular complexity index is 332. The van der Waals surface area contributed by atoms with E-state index < -0.39 is 6.09 Å². The number of nitrogens with one attached hydrogen (secondary N) is 3. The number of carbonyl (C=O) groups excluding carboxylic acids is 1. The second-order valence-electron chi connectivity index (χ2n) is 2.19. The summed E-state index contributed by atoms with van der Waals surface area (Å²) in [7, 11) is 1.24. The van der Waals surface area contributed by atoms with Gasteiger partial charge in [0.25, 0.3) is 0 Å². The highest BCUT2D eigenvalue weighted by molar-refractivity contribution is 6.01. The van der Waals surface area contributed by atoms with Crippen molar-refractivity contribution < 1.29 is 9.53 Å². The third-order valence-corrected chi connectivity index (χ3v) is 1.34. The van der Waals surface area contributed by atoms with Crippen LogP contribution in [-0.2, 0) is 4.74 Å². The Morgan fingerprint density at radius 2 is 2.54 bits per heavy atom. The first-order chi connectivity index (χ1) is 6.15. The molecule has 0 unspecified atom stereocenters. The van der Waals surface area contributed by atoms with Gasteiger partial charge in [-0.05, 0) is 0 Å². The van der Waals surface area contributed by atoms with Gasteiger partial charge in [-0.1, -0.05) is 0 Å². The average molecular weight is 183 g/mol. The lowest BCUT2D eigenvalue weighted by molar-refractivity contribution is 0.187. The Kier molecular flexibility index (Phi) is 2.48. The van der Waals surface area contributed by atoms with E-state index in [0.717, 1.165) is 0 Å². The molecule has 0 bridgehead atoms. The summed E-state index contributed by atoms with van der Waals surface area (Å²) in [5.74, 6) is 0.0690. The van der Waals surface area contributed by atoms with Crippen LogP contribution in [-0.4, -0.2) is 29.2 Å². The highest BCUT2D eigenvalue weighted by Crippen LogP contribution is 2.09. The molecule has 1 aromatic heterocycles. The number of hydrogen-bond donors (Lipinski definition) is 4. The van der Waals surface area contributed by atoms with Gasteiger partial charge in [-0.15, -0.1) is 0 Å². The van der Waals surface area contributed by atoms with Gasteiger partial charge in [-0.2, -0.15) is 5.10 Å². The van der Waals surface area contributed by atoms with Crippen LogP contribution < -0.4 is 11.1 Å². The molecule has 0 aliphatic heterocycles. The first-order valence-corrected chi connectivity index (χ1v) is 3.38. The van der Waals surface area contributed by atoms with Gasteiger partial charge in [0.05, 0.1) is 18.9 Å². The molecule has 13 heavy (non-hydrogen) atoms. The number of carbonyl (C=O) groups is 1. The molecule has 0 spiro atoms. The quantitative estimate of drug-likeness (QED) is 0.377. The molecule has 0 aliphatic carbocycles. The van der Waals surface area contributed by atoms with E-state index in [1.165, 1.54) is 13.3 Å². The molecule has 1 amide bonds. The molecular formula is C6H9N5O2. The number of nitrogen functional groups attached to an aromatic ring is 1. The Balaban J connectivity index is 2.82. The van der Waals surface area contributed by atoms with E-state index in [2.05, 4.69) is 20.3 Å². The topological polar surface area (TPSA) is 117 Å². The van der Waals surface area contributed by atoms with Gasteiger partial charge >= 0.3 is 6.09 Å². The molecular weight excluding hydrogens is 174 g/mol. The SMILES string of the molecule is COC(=O)Nc1[nH]ncc1C(=N)N. The van der Waals surface area contributed by atoms with E-state index in [0.29, 0.717) is 5.56 Å². The number of nitrogens with zero attached hydrogens (tertiary/aromatic N) is 1. The molecule has 7 heteroatoms. The fourth-order valence-corrected chi connectivity index (χ4v) is 0.739. The van der Waals surface area contributed by atoms with Crippen LogP contribution in [0, 0.1) is 5.41 Å². The summed E-state index contributed by atoms with van der Waals surface area (Å²) in [4.78, 5) is 10.8. The molecule has 1 aromatic rings. The average Bonchev–Trinajstić information content (AvgIpc) is 2.52. The lowest BCUT2D eigenvalue weighted by Crippen LogP contribution is -2.17. The second kappa shape index (κ2) is 3.57. The van der Waals surface area contributed by atoms with Crippen molar-refractivity contribution in [1.82, 2.24) is 10.2 Å². The summed E-state index contributed by atoms with van der Waals surface area (Å²) in [5.41, 5.74) is 5.53. The van der Waals surface area contributed by atoms with Crippen molar-refractivity contribution in [2.75, 3.05) is 12.4 Å². The molecule has 7 nitrogen and oxygen atoms in total. The Morgan fingerprint density at radius 3 is 3.08 bits per heavy atom. The van der Waals surface area contributed by atoms with Gasteiger partial charge in [0, 0.05) is 0 Å². The highest BCUT2D eigenvalue weighted by Gasteiger charge is 2.10. The zero-order chi connectivity index (χ0) is 9.84. The van der Waals surface area contributed by atoms with Crippen LogP contribution in [0.4, 0.5) is 10.6 Å². The highest BCUT2D eigenvalue weighted by atomic mass is 16.5. The summed E-state index contributed by atoms with van der Waals surface area (Å²) in [6.45, 7) is 0. The van der Waals surface area contributed by atoms with Crippen molar-refractivity contribution in [1.29, 1.82) is 5.41 Å². The van der Waals surface area contributed by atoms with Gasteiger partial charge in [-0.25, -0.2) is 4.79 Å². The zero-order valence-electron chi connectivity index (χ0n) is 6.92. The van der Waals surface area contributed by atoms with E-state index in [4.69, 9.17) is 11.1 Å². The number of anilines is 1. The molecule has 0 saturated carbocycles. The lowest BCUT2D eigenvalue weighted by Gasteiger charge is -2.01. The minimum absolute atomic E-state index is 0.180. The molecule has 1 heterocycles. The first kappa shape index (κ1) is 9.04. The van der Waals surface area contributed by atoms with Gasteiger partial charge in [0.15, 0.2) is 0 Å². The van der Waals surface area contributed by atoms with Crippen LogP contribution in [0.25, 0.3) is 0 Å². The van der Waals surface area contributed by atoms with Crippen molar-refractivity contribution in [3.63, 3.8) is 0 Å². The lowest BCUT2D eigenvalue weighted by atomic mass is 10.3. The summed E-state index contributed by atoms with van der Waals surface area (Å²) in [5, 5.41) is 15.5. The normalized spacial score (nSPS) is 9.31. The maximum absolute atomic E-state index is 10.8. The van der Waals surface area contributed by atoms with E-state index in [-0.39, 0.29) is 11.7 Å². The van der Waals surface area contributed by atoms with Gasteiger partial charge < -0.3 is 10.5 Å². The Labute approximate surface area is 73.8 Å². The number of methoxy groups -OCH3 is 1. The number of H-pyrrole nitrogens is 1. The number of aromatic nitrogens is 2. The molecule has 0 saturated heterocycles. The molecule has 70 valence electrons. The van der Waals surface area contributed by atoms with Crippen molar-refractivity contribution in [2.45, 2.75) is 0 Å². The minimum atomic E-state index is -0.647. The number of rotatable bonds is 2. The van der Waals surface area contributed by atoms with E-state index in [9.17, 15) is 4.79 Å². The molecule has 0 fully saturated rings. The minimum Gasteiger partial charge on any atom is -0.453 e. The van der Waals surface area contributed by atoms with Crippen LogP contribution in [0.15, 0.2) is 6.20 Å². The largest absolute Gasteiger partial charge is 0.453 e. The third kappa shape index (κ3) is 1.95. The van der Waals surface area contributed by atoms with Crippen molar-refractivity contribution in [3.8, 4) is 0 Å². The van der Waals surface area contributed by atoms with Crippen LogP contribution in [0.3, 0.4) is 0 Å². The van der Waals surface area contributed by atoms with Crippen LogP contribution in [0.1, 0.15) is 5.56 Å². The molecule has 0 atom stereocenters. The Hall–Kier alpha value is -2.05. The van der Waals surface area contributed by atoms with Gasteiger partial charge in [-0.3, -0.25) is 15.8 Å². The smallest absolute Gasteiger partial charge is 0.412 e. The zero-order valence-corrected chi connectivity index (χ0v) is 6.92.